The van der Waals surface area contributed by atoms with Crippen LogP contribution in [0.15, 0.2) is 35.6 Å². The minimum absolute atomic E-state index is 0.164. The number of fused-ring (bicyclic) bond motifs is 1. The van der Waals surface area contributed by atoms with E-state index in [4.69, 9.17) is 4.74 Å². The predicted molar refractivity (Wildman–Crippen MR) is 111 cm³/mol. The van der Waals surface area contributed by atoms with Crippen LogP contribution < -0.4 is 0 Å². The summed E-state index contributed by atoms with van der Waals surface area (Å²) in [6, 6.07) is 8.18. The Hall–Kier alpha value is -2.12. The van der Waals surface area contributed by atoms with Crippen molar-refractivity contribution in [1.29, 1.82) is 0 Å². The Bertz CT molecular complexity index is 980. The van der Waals surface area contributed by atoms with Crippen LogP contribution in [-0.4, -0.2) is 44.0 Å². The highest BCUT2D eigenvalue weighted by Gasteiger charge is 2.25. The molecule has 0 saturated carbocycles. The van der Waals surface area contributed by atoms with Gasteiger partial charge in [0.15, 0.2) is 11.0 Å². The Morgan fingerprint density at radius 1 is 1.32 bits per heavy atom. The molecule has 2 aromatic heterocycles. The maximum Gasteiger partial charge on any atom is 0.192 e. The maximum absolute atomic E-state index is 12.4. The number of thioether (sulfide) groups is 1. The normalized spacial score (nSPS) is 17.5. The lowest BCUT2D eigenvalue weighted by Crippen LogP contribution is -2.22. The fraction of sp³-hybridized carbons (Fsp3) is 0.476. The summed E-state index contributed by atoms with van der Waals surface area (Å²) >= 11 is 1.46. The van der Waals surface area contributed by atoms with E-state index in [0.717, 1.165) is 46.9 Å². The summed E-state index contributed by atoms with van der Waals surface area (Å²) in [5.74, 6) is 1.41. The van der Waals surface area contributed by atoms with Crippen molar-refractivity contribution in [3.63, 3.8) is 0 Å². The fourth-order valence-corrected chi connectivity index (χ4v) is 4.46. The molecule has 1 unspecified atom stereocenters. The van der Waals surface area contributed by atoms with Gasteiger partial charge in [-0.3, -0.25) is 9.36 Å². The van der Waals surface area contributed by atoms with E-state index in [1.54, 1.807) is 0 Å². The van der Waals surface area contributed by atoms with Crippen molar-refractivity contribution in [1.82, 2.24) is 19.7 Å². The summed E-state index contributed by atoms with van der Waals surface area (Å²) in [6.45, 7) is 7.35. The second-order valence-corrected chi connectivity index (χ2v) is 9.20. The van der Waals surface area contributed by atoms with Crippen molar-refractivity contribution >= 4 is 28.4 Å². The Morgan fingerprint density at radius 3 is 2.89 bits per heavy atom. The third kappa shape index (κ3) is 3.86. The molecule has 6 nitrogen and oxygen atoms in total. The van der Waals surface area contributed by atoms with Gasteiger partial charge in [0, 0.05) is 34.7 Å². The van der Waals surface area contributed by atoms with Crippen LogP contribution in [0.3, 0.4) is 0 Å². The number of ketones is 1. The molecule has 0 amide bonds. The van der Waals surface area contributed by atoms with Gasteiger partial charge in [0.2, 0.25) is 0 Å². The first kappa shape index (κ1) is 19.2. The van der Waals surface area contributed by atoms with Crippen molar-refractivity contribution in [3.8, 4) is 11.4 Å². The van der Waals surface area contributed by atoms with Gasteiger partial charge in [-0.05, 0) is 18.9 Å². The summed E-state index contributed by atoms with van der Waals surface area (Å²) in [5.41, 5.74) is 1.74. The zero-order chi connectivity index (χ0) is 19.7. The number of ether oxygens (including phenoxy) is 1. The van der Waals surface area contributed by atoms with E-state index in [1.807, 2.05) is 39.1 Å². The number of Topliss-reactive ketones (excluding diaryl/α,β-unsaturated/α-hetero) is 1. The summed E-state index contributed by atoms with van der Waals surface area (Å²) in [7, 11) is 0. The Morgan fingerprint density at radius 2 is 2.14 bits per heavy atom. The fourth-order valence-electron chi connectivity index (χ4n) is 3.35. The van der Waals surface area contributed by atoms with Gasteiger partial charge in [0.05, 0.1) is 18.4 Å². The highest BCUT2D eigenvalue weighted by atomic mass is 32.2. The number of rotatable bonds is 6. The Labute approximate surface area is 169 Å². The van der Waals surface area contributed by atoms with E-state index in [0.29, 0.717) is 12.3 Å². The topological polar surface area (TPSA) is 72.8 Å². The average molecular weight is 399 g/mol. The van der Waals surface area contributed by atoms with Gasteiger partial charge in [-0.2, -0.15) is 0 Å². The number of aromatic nitrogens is 4. The van der Waals surface area contributed by atoms with Crippen LogP contribution in [0.25, 0.3) is 22.3 Å². The van der Waals surface area contributed by atoms with Crippen LogP contribution in [0.4, 0.5) is 0 Å². The first-order valence-corrected chi connectivity index (χ1v) is 10.7. The van der Waals surface area contributed by atoms with Gasteiger partial charge in [0.25, 0.3) is 0 Å². The third-order valence-corrected chi connectivity index (χ3v) is 6.09. The average Bonchev–Trinajstić information content (AvgIpc) is 3.39. The number of aromatic amines is 1. The molecule has 1 aliphatic heterocycles. The quantitative estimate of drug-likeness (QED) is 0.626. The SMILES string of the molecule is CC(C)(C)C(=O)CSc1nnc(-c2c[nH]c3ccccc23)n1CC1CCCO1. The van der Waals surface area contributed by atoms with Crippen molar-refractivity contribution in [2.75, 3.05) is 12.4 Å². The van der Waals surface area contributed by atoms with Gasteiger partial charge in [-0.15, -0.1) is 10.2 Å². The molecule has 148 valence electrons. The third-order valence-electron chi connectivity index (χ3n) is 5.13. The van der Waals surface area contributed by atoms with Gasteiger partial charge in [-0.1, -0.05) is 50.7 Å². The molecule has 1 N–H and O–H groups in total. The molecule has 1 atom stereocenters. The highest BCUT2D eigenvalue weighted by Crippen LogP contribution is 2.32. The number of H-pyrrole nitrogens is 1. The van der Waals surface area contributed by atoms with E-state index in [2.05, 4.69) is 31.9 Å². The van der Waals surface area contributed by atoms with Crippen LogP contribution in [0, 0.1) is 5.41 Å². The van der Waals surface area contributed by atoms with Crippen molar-refractivity contribution in [2.24, 2.45) is 5.41 Å². The largest absolute Gasteiger partial charge is 0.376 e. The second kappa shape index (κ2) is 7.72. The van der Waals surface area contributed by atoms with E-state index >= 15 is 0 Å². The number of nitrogens with zero attached hydrogens (tertiary/aromatic N) is 3. The number of hydrogen-bond donors (Lipinski definition) is 1. The van der Waals surface area contributed by atoms with Crippen LogP contribution in [0.5, 0.6) is 0 Å². The van der Waals surface area contributed by atoms with Gasteiger partial charge >= 0.3 is 0 Å². The van der Waals surface area contributed by atoms with Crippen LogP contribution in [0.1, 0.15) is 33.6 Å². The number of hydrogen-bond acceptors (Lipinski definition) is 5. The zero-order valence-electron chi connectivity index (χ0n) is 16.6. The predicted octanol–water partition coefficient (Wildman–Crippen LogP) is 4.31. The molecule has 0 aliphatic carbocycles. The summed E-state index contributed by atoms with van der Waals surface area (Å²) < 4.78 is 7.98. The lowest BCUT2D eigenvalue weighted by Gasteiger charge is -2.17. The maximum atomic E-state index is 12.4. The Kier molecular flexibility index (Phi) is 5.29. The van der Waals surface area contributed by atoms with Gasteiger partial charge in [-0.25, -0.2) is 0 Å². The molecule has 28 heavy (non-hydrogen) atoms. The molecule has 1 saturated heterocycles. The summed E-state index contributed by atoms with van der Waals surface area (Å²) in [4.78, 5) is 15.7. The first-order chi connectivity index (χ1) is 13.4. The highest BCUT2D eigenvalue weighted by molar-refractivity contribution is 7.99. The van der Waals surface area contributed by atoms with Crippen LogP contribution in [0.2, 0.25) is 0 Å². The molecule has 0 spiro atoms. The second-order valence-electron chi connectivity index (χ2n) is 8.26. The summed E-state index contributed by atoms with van der Waals surface area (Å²) in [5, 5.41) is 10.8. The van der Waals surface area contributed by atoms with Crippen molar-refractivity contribution < 1.29 is 9.53 Å². The van der Waals surface area contributed by atoms with E-state index in [9.17, 15) is 4.79 Å². The smallest absolute Gasteiger partial charge is 0.192 e. The van der Waals surface area contributed by atoms with Crippen molar-refractivity contribution in [3.05, 3.63) is 30.5 Å². The number of nitrogens with one attached hydrogen (secondary N) is 1. The molecule has 1 aliphatic rings. The summed E-state index contributed by atoms with van der Waals surface area (Å²) in [6.07, 6.45) is 4.27. The molecule has 0 bridgehead atoms. The van der Waals surface area contributed by atoms with E-state index < -0.39 is 0 Å². The molecule has 3 aromatic rings. The van der Waals surface area contributed by atoms with E-state index in [-0.39, 0.29) is 17.3 Å². The molecule has 0 radical (unpaired) electrons. The molecular weight excluding hydrogens is 372 g/mol. The minimum atomic E-state index is -0.355. The molecule has 3 heterocycles. The van der Waals surface area contributed by atoms with Crippen molar-refractivity contribution in [2.45, 2.75) is 51.4 Å². The first-order valence-electron chi connectivity index (χ1n) is 9.71. The van der Waals surface area contributed by atoms with Crippen LogP contribution in [-0.2, 0) is 16.1 Å². The molecule has 4 rings (SSSR count). The monoisotopic (exact) mass is 398 g/mol. The van der Waals surface area contributed by atoms with E-state index in [1.165, 1.54) is 11.8 Å². The lowest BCUT2D eigenvalue weighted by molar-refractivity contribution is -0.123. The number of benzene rings is 1. The van der Waals surface area contributed by atoms with Gasteiger partial charge < -0.3 is 9.72 Å². The standard InChI is InChI=1S/C21H26N4O2S/c1-21(2,3)18(26)13-28-20-24-23-19(25(20)12-14-7-6-10-27-14)16-11-22-17-9-5-4-8-15(16)17/h4-5,8-9,11,14,22H,6-7,10,12-13H2,1-3H3. The number of carbonyl (C=O) groups excluding carboxylic acids is 1. The number of para-hydroxylation sites is 1. The molecular formula is C21H26N4O2S. The zero-order valence-corrected chi connectivity index (χ0v) is 17.4. The van der Waals surface area contributed by atoms with Crippen LogP contribution >= 0.6 is 11.8 Å². The van der Waals surface area contributed by atoms with Gasteiger partial charge in [0.1, 0.15) is 5.78 Å². The minimum Gasteiger partial charge on any atom is -0.376 e. The molecule has 1 fully saturated rings. The molecule has 7 heteroatoms. The Balaban J connectivity index is 1.68. The molecule has 1 aromatic carbocycles. The lowest BCUT2D eigenvalue weighted by atomic mass is 9.92. The number of carbonyl (C=O) groups is 1.